The van der Waals surface area contributed by atoms with Gasteiger partial charge in [0.1, 0.15) is 11.2 Å². The van der Waals surface area contributed by atoms with E-state index in [0.717, 1.165) is 12.3 Å². The standard InChI is InChI=1S/C17H21FN2O3/c1-3-4-10-7-11(10)5-6-12-8-13(21)23-17-14(12)16(22)19-15(20-17)9(2)18/h8-11H,3-7H2,1-2H3,(H,19,20,22). The maximum absolute atomic E-state index is 13.4. The second kappa shape index (κ2) is 6.26. The van der Waals surface area contributed by atoms with Crippen molar-refractivity contribution >= 4 is 11.1 Å². The fraction of sp³-hybridized carbons (Fsp3) is 0.588. The van der Waals surface area contributed by atoms with Gasteiger partial charge in [-0.25, -0.2) is 9.18 Å². The molecule has 0 saturated heterocycles. The number of nitrogens with one attached hydrogen (secondary N) is 1. The van der Waals surface area contributed by atoms with E-state index in [-0.39, 0.29) is 16.9 Å². The summed E-state index contributed by atoms with van der Waals surface area (Å²) in [5.74, 6) is 1.34. The van der Waals surface area contributed by atoms with Crippen LogP contribution in [0.3, 0.4) is 0 Å². The summed E-state index contributed by atoms with van der Waals surface area (Å²) < 4.78 is 18.4. The van der Waals surface area contributed by atoms with Gasteiger partial charge in [-0.1, -0.05) is 19.8 Å². The molecule has 0 amide bonds. The summed E-state index contributed by atoms with van der Waals surface area (Å²) in [4.78, 5) is 30.3. The molecule has 23 heavy (non-hydrogen) atoms. The lowest BCUT2D eigenvalue weighted by Gasteiger charge is -2.06. The first kappa shape index (κ1) is 15.9. The van der Waals surface area contributed by atoms with E-state index < -0.39 is 17.4 Å². The van der Waals surface area contributed by atoms with Crippen LogP contribution in [0.25, 0.3) is 11.1 Å². The third kappa shape index (κ3) is 3.35. The van der Waals surface area contributed by atoms with Gasteiger partial charge in [-0.2, -0.15) is 4.98 Å². The number of nitrogens with zero attached hydrogens (tertiary/aromatic N) is 1. The molecular formula is C17H21FN2O3. The lowest BCUT2D eigenvalue weighted by atomic mass is 10.0. The van der Waals surface area contributed by atoms with Gasteiger partial charge >= 0.3 is 5.63 Å². The van der Waals surface area contributed by atoms with E-state index >= 15 is 0 Å². The number of aryl methyl sites for hydroxylation is 1. The molecule has 0 spiro atoms. The van der Waals surface area contributed by atoms with Gasteiger partial charge in [0, 0.05) is 6.07 Å². The summed E-state index contributed by atoms with van der Waals surface area (Å²) in [6.45, 7) is 3.45. The van der Waals surface area contributed by atoms with Crippen molar-refractivity contribution in [3.8, 4) is 0 Å². The highest BCUT2D eigenvalue weighted by Gasteiger charge is 2.35. The zero-order chi connectivity index (χ0) is 16.6. The SMILES string of the molecule is CCCC1CC1CCc1cc(=O)oc2nc(C(C)F)[nH]c(=O)c12. The van der Waals surface area contributed by atoms with Crippen molar-refractivity contribution in [3.63, 3.8) is 0 Å². The summed E-state index contributed by atoms with van der Waals surface area (Å²) in [5.41, 5.74) is -0.431. The molecule has 1 N–H and O–H groups in total. The molecule has 3 rings (SSSR count). The van der Waals surface area contributed by atoms with Gasteiger partial charge in [0.25, 0.3) is 5.56 Å². The molecular weight excluding hydrogens is 299 g/mol. The monoisotopic (exact) mass is 320 g/mol. The highest BCUT2D eigenvalue weighted by Crippen LogP contribution is 2.45. The Kier molecular flexibility index (Phi) is 4.33. The van der Waals surface area contributed by atoms with Crippen LogP contribution < -0.4 is 11.2 Å². The minimum absolute atomic E-state index is 0.0725. The molecule has 1 aliphatic carbocycles. The molecule has 1 aliphatic rings. The Balaban J connectivity index is 1.91. The highest BCUT2D eigenvalue weighted by molar-refractivity contribution is 5.75. The van der Waals surface area contributed by atoms with Crippen LogP contribution >= 0.6 is 0 Å². The lowest BCUT2D eigenvalue weighted by molar-refractivity contribution is 0.355. The van der Waals surface area contributed by atoms with E-state index in [2.05, 4.69) is 16.9 Å². The molecule has 0 bridgehead atoms. The first-order chi connectivity index (χ1) is 11.0. The van der Waals surface area contributed by atoms with Crippen LogP contribution in [0.4, 0.5) is 4.39 Å². The summed E-state index contributed by atoms with van der Waals surface area (Å²) >= 11 is 0. The number of rotatable bonds is 6. The third-order valence-electron chi connectivity index (χ3n) is 4.60. The van der Waals surface area contributed by atoms with Gasteiger partial charge in [-0.3, -0.25) is 4.79 Å². The van der Waals surface area contributed by atoms with Crippen molar-refractivity contribution in [1.29, 1.82) is 0 Å². The van der Waals surface area contributed by atoms with Crippen molar-refractivity contribution in [2.24, 2.45) is 11.8 Å². The first-order valence-corrected chi connectivity index (χ1v) is 8.20. The van der Waals surface area contributed by atoms with E-state index in [9.17, 15) is 14.0 Å². The van der Waals surface area contributed by atoms with Crippen LogP contribution in [-0.4, -0.2) is 9.97 Å². The Morgan fingerprint density at radius 2 is 2.13 bits per heavy atom. The second-order valence-electron chi connectivity index (χ2n) is 6.42. The van der Waals surface area contributed by atoms with E-state index in [1.54, 1.807) is 0 Å². The molecule has 1 fully saturated rings. The summed E-state index contributed by atoms with van der Waals surface area (Å²) in [5, 5.41) is 0.265. The number of aromatic amines is 1. The fourth-order valence-electron chi connectivity index (χ4n) is 3.28. The van der Waals surface area contributed by atoms with E-state index in [0.29, 0.717) is 17.9 Å². The third-order valence-corrected chi connectivity index (χ3v) is 4.60. The molecule has 2 heterocycles. The Labute approximate surface area is 132 Å². The molecule has 3 atom stereocenters. The zero-order valence-electron chi connectivity index (χ0n) is 13.4. The van der Waals surface area contributed by atoms with Crippen LogP contribution in [0.1, 0.15) is 57.1 Å². The molecule has 2 aromatic heterocycles. The molecule has 0 aliphatic heterocycles. The predicted octanol–water partition coefficient (Wildman–Crippen LogP) is 3.28. The Hall–Kier alpha value is -1.98. The molecule has 5 nitrogen and oxygen atoms in total. The molecule has 0 radical (unpaired) electrons. The van der Waals surface area contributed by atoms with Crippen molar-refractivity contribution in [3.05, 3.63) is 38.2 Å². The van der Waals surface area contributed by atoms with E-state index in [1.807, 2.05) is 0 Å². The van der Waals surface area contributed by atoms with Crippen molar-refractivity contribution < 1.29 is 8.81 Å². The maximum Gasteiger partial charge on any atom is 0.337 e. The molecule has 2 aromatic rings. The van der Waals surface area contributed by atoms with Crippen LogP contribution in [-0.2, 0) is 6.42 Å². The number of aromatic nitrogens is 2. The Morgan fingerprint density at radius 3 is 2.83 bits per heavy atom. The summed E-state index contributed by atoms with van der Waals surface area (Å²) in [6, 6.07) is 1.36. The number of hydrogen-bond acceptors (Lipinski definition) is 4. The van der Waals surface area contributed by atoms with E-state index in [1.165, 1.54) is 32.3 Å². The van der Waals surface area contributed by atoms with Crippen molar-refractivity contribution in [2.75, 3.05) is 0 Å². The van der Waals surface area contributed by atoms with E-state index in [4.69, 9.17) is 4.42 Å². The number of fused-ring (bicyclic) bond motifs is 1. The van der Waals surface area contributed by atoms with Crippen LogP contribution in [0.5, 0.6) is 0 Å². The molecule has 0 aromatic carbocycles. The number of alkyl halides is 1. The van der Waals surface area contributed by atoms with Gasteiger partial charge in [0.2, 0.25) is 5.71 Å². The minimum Gasteiger partial charge on any atom is -0.403 e. The summed E-state index contributed by atoms with van der Waals surface area (Å²) in [6.07, 6.45) is 3.81. The van der Waals surface area contributed by atoms with Gasteiger partial charge in [-0.05, 0) is 43.6 Å². The van der Waals surface area contributed by atoms with Crippen LogP contribution in [0.15, 0.2) is 20.1 Å². The average Bonchev–Trinajstić information content (AvgIpc) is 3.22. The molecule has 3 unspecified atom stereocenters. The van der Waals surface area contributed by atoms with Gasteiger partial charge < -0.3 is 9.40 Å². The second-order valence-corrected chi connectivity index (χ2v) is 6.42. The summed E-state index contributed by atoms with van der Waals surface area (Å²) in [7, 11) is 0. The average molecular weight is 320 g/mol. The van der Waals surface area contributed by atoms with Crippen molar-refractivity contribution in [1.82, 2.24) is 9.97 Å². The number of hydrogen-bond donors (Lipinski definition) is 1. The van der Waals surface area contributed by atoms with Crippen molar-refractivity contribution in [2.45, 2.75) is 52.1 Å². The molecule has 1 saturated carbocycles. The van der Waals surface area contributed by atoms with Gasteiger partial charge in [-0.15, -0.1) is 0 Å². The molecule has 124 valence electrons. The Bertz CT molecular complexity index is 825. The first-order valence-electron chi connectivity index (χ1n) is 8.20. The highest BCUT2D eigenvalue weighted by atomic mass is 19.1. The lowest BCUT2D eigenvalue weighted by Crippen LogP contribution is -2.16. The van der Waals surface area contributed by atoms with Crippen LogP contribution in [0, 0.1) is 11.8 Å². The van der Waals surface area contributed by atoms with Gasteiger partial charge in [0.15, 0.2) is 6.17 Å². The smallest absolute Gasteiger partial charge is 0.337 e. The zero-order valence-corrected chi connectivity index (χ0v) is 13.4. The fourth-order valence-corrected chi connectivity index (χ4v) is 3.28. The Morgan fingerprint density at radius 1 is 1.39 bits per heavy atom. The number of halogens is 1. The van der Waals surface area contributed by atoms with Crippen LogP contribution in [0.2, 0.25) is 0 Å². The topological polar surface area (TPSA) is 76.0 Å². The minimum atomic E-state index is -1.43. The maximum atomic E-state index is 13.4. The number of H-pyrrole nitrogens is 1. The predicted molar refractivity (Wildman–Crippen MR) is 85.2 cm³/mol. The quantitative estimate of drug-likeness (QED) is 0.886. The normalized spacial score (nSPS) is 21.5. The van der Waals surface area contributed by atoms with Gasteiger partial charge in [0.05, 0.1) is 0 Å². The molecule has 6 heteroatoms. The largest absolute Gasteiger partial charge is 0.403 e.